The van der Waals surface area contributed by atoms with Gasteiger partial charge in [-0.1, -0.05) is 30.3 Å². The van der Waals surface area contributed by atoms with Crippen LogP contribution in [0.15, 0.2) is 48.5 Å². The highest BCUT2D eigenvalue weighted by atomic mass is 16.6. The molecule has 1 heterocycles. The highest BCUT2D eigenvalue weighted by Gasteiger charge is 2.28. The molecule has 0 aliphatic carbocycles. The zero-order valence-electron chi connectivity index (χ0n) is 13.1. The Morgan fingerprint density at radius 3 is 2.65 bits per heavy atom. The minimum Gasteiger partial charge on any atom is -0.496 e. The minimum absolute atomic E-state index is 0.195. The molecule has 0 bridgehead atoms. The number of fused-ring (bicyclic) bond motifs is 1. The molecule has 0 spiro atoms. The van der Waals surface area contributed by atoms with E-state index in [-0.39, 0.29) is 18.6 Å². The minimum atomic E-state index is -0.665. The van der Waals surface area contributed by atoms with Crippen molar-refractivity contribution in [2.75, 3.05) is 13.7 Å². The molecule has 1 aliphatic heterocycles. The Hall–Kier alpha value is -2.69. The molecule has 1 N–H and O–H groups in total. The van der Waals surface area contributed by atoms with Gasteiger partial charge in [-0.25, -0.2) is 0 Å². The highest BCUT2D eigenvalue weighted by molar-refractivity contribution is 5.82. The lowest BCUT2D eigenvalue weighted by atomic mass is 10.1. The summed E-state index contributed by atoms with van der Waals surface area (Å²) in [5, 5.41) is 2.95. The van der Waals surface area contributed by atoms with Gasteiger partial charge in [0.05, 0.1) is 13.2 Å². The number of nitrogens with one attached hydrogen (secondary N) is 1. The summed E-state index contributed by atoms with van der Waals surface area (Å²) in [4.78, 5) is 12.4. The van der Waals surface area contributed by atoms with Crippen LogP contribution in [-0.2, 0) is 4.79 Å². The van der Waals surface area contributed by atoms with Crippen LogP contribution >= 0.6 is 0 Å². The van der Waals surface area contributed by atoms with Crippen molar-refractivity contribution >= 4 is 5.91 Å². The van der Waals surface area contributed by atoms with Gasteiger partial charge < -0.3 is 19.5 Å². The molecule has 0 saturated carbocycles. The Morgan fingerprint density at radius 1 is 1.17 bits per heavy atom. The van der Waals surface area contributed by atoms with E-state index < -0.39 is 6.10 Å². The van der Waals surface area contributed by atoms with Crippen LogP contribution in [0.1, 0.15) is 18.5 Å². The molecule has 2 aromatic carbocycles. The van der Waals surface area contributed by atoms with Crippen LogP contribution in [0.3, 0.4) is 0 Å². The summed E-state index contributed by atoms with van der Waals surface area (Å²) in [7, 11) is 1.61. The maximum atomic E-state index is 12.4. The van der Waals surface area contributed by atoms with E-state index in [9.17, 15) is 4.79 Å². The molecule has 2 atom stereocenters. The lowest BCUT2D eigenvalue weighted by Gasteiger charge is -2.27. The van der Waals surface area contributed by atoms with Gasteiger partial charge >= 0.3 is 0 Å². The smallest absolute Gasteiger partial charge is 0.265 e. The van der Waals surface area contributed by atoms with Crippen molar-refractivity contribution < 1.29 is 19.0 Å². The van der Waals surface area contributed by atoms with E-state index in [0.717, 1.165) is 11.3 Å². The number of amides is 1. The van der Waals surface area contributed by atoms with E-state index in [2.05, 4.69) is 5.32 Å². The maximum Gasteiger partial charge on any atom is 0.265 e. The molecule has 23 heavy (non-hydrogen) atoms. The van der Waals surface area contributed by atoms with Crippen molar-refractivity contribution in [3.05, 3.63) is 54.1 Å². The second-order valence-electron chi connectivity index (χ2n) is 5.34. The standard InChI is InChI=1S/C18H19NO4/c1-12(13-7-3-4-8-14(13)21-2)19-18(20)17-11-22-15-9-5-6-10-16(15)23-17/h3-10,12,17H,11H2,1-2H3,(H,19,20). The van der Waals surface area contributed by atoms with Gasteiger partial charge in [-0.2, -0.15) is 0 Å². The maximum absolute atomic E-state index is 12.4. The quantitative estimate of drug-likeness (QED) is 0.943. The van der Waals surface area contributed by atoms with Crippen LogP contribution < -0.4 is 19.5 Å². The summed E-state index contributed by atoms with van der Waals surface area (Å²) in [6.07, 6.45) is -0.665. The molecule has 3 rings (SSSR count). The van der Waals surface area contributed by atoms with Gasteiger partial charge in [0.2, 0.25) is 6.10 Å². The molecule has 0 radical (unpaired) electrons. The van der Waals surface area contributed by atoms with Crippen LogP contribution in [0.2, 0.25) is 0 Å². The predicted molar refractivity (Wildman–Crippen MR) is 85.9 cm³/mol. The number of carbonyl (C=O) groups is 1. The van der Waals surface area contributed by atoms with Crippen molar-refractivity contribution in [3.8, 4) is 17.2 Å². The van der Waals surface area contributed by atoms with Crippen molar-refractivity contribution in [2.45, 2.75) is 19.1 Å². The van der Waals surface area contributed by atoms with Gasteiger partial charge in [0.25, 0.3) is 5.91 Å². The molecule has 0 fully saturated rings. The van der Waals surface area contributed by atoms with Gasteiger partial charge in [0.1, 0.15) is 12.4 Å². The van der Waals surface area contributed by atoms with E-state index in [1.807, 2.05) is 49.4 Å². The molecule has 0 aromatic heterocycles. The van der Waals surface area contributed by atoms with Crippen LogP contribution in [0, 0.1) is 0 Å². The summed E-state index contributed by atoms with van der Waals surface area (Å²) >= 11 is 0. The first-order valence-corrected chi connectivity index (χ1v) is 7.51. The van der Waals surface area contributed by atoms with Crippen molar-refractivity contribution in [3.63, 3.8) is 0 Å². The number of hydrogen-bond donors (Lipinski definition) is 1. The molecular weight excluding hydrogens is 294 g/mol. The predicted octanol–water partition coefficient (Wildman–Crippen LogP) is 2.71. The fourth-order valence-electron chi connectivity index (χ4n) is 2.56. The summed E-state index contributed by atoms with van der Waals surface area (Å²) in [6.45, 7) is 2.11. The zero-order chi connectivity index (χ0) is 16.2. The Labute approximate surface area is 135 Å². The number of hydrogen-bond acceptors (Lipinski definition) is 4. The van der Waals surface area contributed by atoms with E-state index in [4.69, 9.17) is 14.2 Å². The summed E-state index contributed by atoms with van der Waals surface area (Å²) in [5.74, 6) is 1.78. The Kier molecular flexibility index (Phi) is 4.37. The van der Waals surface area contributed by atoms with Gasteiger partial charge in [-0.05, 0) is 25.1 Å². The normalized spacial score (nSPS) is 17.2. The van der Waals surface area contributed by atoms with Crippen molar-refractivity contribution in [1.29, 1.82) is 0 Å². The van der Waals surface area contributed by atoms with Gasteiger partial charge in [0.15, 0.2) is 11.5 Å². The molecule has 120 valence electrons. The van der Waals surface area contributed by atoms with E-state index in [0.29, 0.717) is 11.5 Å². The Bertz CT molecular complexity index is 701. The molecule has 5 heteroatoms. The molecule has 5 nitrogen and oxygen atoms in total. The third-order valence-corrected chi connectivity index (χ3v) is 3.77. The summed E-state index contributed by atoms with van der Waals surface area (Å²) < 4.78 is 16.6. The summed E-state index contributed by atoms with van der Waals surface area (Å²) in [6, 6.07) is 14.7. The first-order valence-electron chi connectivity index (χ1n) is 7.51. The number of benzene rings is 2. The Balaban J connectivity index is 1.68. The van der Waals surface area contributed by atoms with Crippen molar-refractivity contribution in [1.82, 2.24) is 5.32 Å². The number of methoxy groups -OCH3 is 1. The third kappa shape index (κ3) is 3.23. The number of para-hydroxylation sites is 3. The highest BCUT2D eigenvalue weighted by Crippen LogP contribution is 2.31. The average Bonchev–Trinajstić information content (AvgIpc) is 2.61. The van der Waals surface area contributed by atoms with E-state index in [1.165, 1.54) is 0 Å². The van der Waals surface area contributed by atoms with E-state index in [1.54, 1.807) is 13.2 Å². The lowest BCUT2D eigenvalue weighted by Crippen LogP contribution is -2.44. The fraction of sp³-hybridized carbons (Fsp3) is 0.278. The second kappa shape index (κ2) is 6.60. The van der Waals surface area contributed by atoms with Gasteiger partial charge in [0, 0.05) is 5.56 Å². The van der Waals surface area contributed by atoms with Crippen molar-refractivity contribution in [2.24, 2.45) is 0 Å². The molecule has 1 amide bonds. The van der Waals surface area contributed by atoms with Crippen LogP contribution in [0.25, 0.3) is 0 Å². The SMILES string of the molecule is COc1ccccc1C(C)NC(=O)C1COc2ccccc2O1. The van der Waals surface area contributed by atoms with E-state index >= 15 is 0 Å². The Morgan fingerprint density at radius 2 is 1.87 bits per heavy atom. The summed E-state index contributed by atoms with van der Waals surface area (Å²) in [5.41, 5.74) is 0.917. The van der Waals surface area contributed by atoms with Gasteiger partial charge in [-0.3, -0.25) is 4.79 Å². The first kappa shape index (κ1) is 15.2. The largest absolute Gasteiger partial charge is 0.496 e. The number of ether oxygens (including phenoxy) is 3. The monoisotopic (exact) mass is 313 g/mol. The lowest BCUT2D eigenvalue weighted by molar-refractivity contribution is -0.131. The third-order valence-electron chi connectivity index (χ3n) is 3.77. The molecular formula is C18H19NO4. The molecule has 2 aromatic rings. The molecule has 1 aliphatic rings. The zero-order valence-corrected chi connectivity index (χ0v) is 13.1. The first-order chi connectivity index (χ1) is 11.2. The van der Waals surface area contributed by atoms with Crippen LogP contribution in [-0.4, -0.2) is 25.7 Å². The van der Waals surface area contributed by atoms with Crippen LogP contribution in [0.5, 0.6) is 17.2 Å². The molecule has 0 saturated heterocycles. The average molecular weight is 313 g/mol. The van der Waals surface area contributed by atoms with Crippen LogP contribution in [0.4, 0.5) is 0 Å². The number of rotatable bonds is 4. The fourth-order valence-corrected chi connectivity index (χ4v) is 2.56. The topological polar surface area (TPSA) is 56.8 Å². The number of carbonyl (C=O) groups excluding carboxylic acids is 1. The molecule has 2 unspecified atom stereocenters. The second-order valence-corrected chi connectivity index (χ2v) is 5.34. The van der Waals surface area contributed by atoms with Gasteiger partial charge in [-0.15, -0.1) is 0 Å².